The Balaban J connectivity index is 1.68. The first-order valence-corrected chi connectivity index (χ1v) is 15.8. The van der Waals surface area contributed by atoms with Crippen LogP contribution < -0.4 is 10.6 Å². The monoisotopic (exact) mass is 671 g/mol. The highest BCUT2D eigenvalue weighted by Crippen LogP contribution is 2.52. The van der Waals surface area contributed by atoms with Crippen LogP contribution in [-0.2, 0) is 25.6 Å². The molecule has 0 aliphatic carbocycles. The largest absolute Gasteiger partial charge is 0.465 e. The molecule has 1 saturated heterocycles. The molecule has 0 unspecified atom stereocenters. The van der Waals surface area contributed by atoms with Gasteiger partial charge in [0.25, 0.3) is 0 Å². The van der Waals surface area contributed by atoms with Crippen molar-refractivity contribution in [2.75, 3.05) is 13.2 Å². The summed E-state index contributed by atoms with van der Waals surface area (Å²) in [5, 5.41) is 6.09. The van der Waals surface area contributed by atoms with Gasteiger partial charge in [-0.3, -0.25) is 10.1 Å². The van der Waals surface area contributed by atoms with Gasteiger partial charge in [-0.25, -0.2) is 9.79 Å². The summed E-state index contributed by atoms with van der Waals surface area (Å²) < 4.78 is 16.6. The Hall–Kier alpha value is -1.65. The minimum absolute atomic E-state index is 0.151. The zero-order chi connectivity index (χ0) is 28.1. The van der Waals surface area contributed by atoms with Gasteiger partial charge in [-0.05, 0) is 12.0 Å². The topological polar surface area (TPSA) is 98.2 Å². The number of ether oxygens (including phenoxy) is 3. The molecule has 218 valence electrons. The number of unbranched alkanes of at least 4 members (excludes halogenated alkanes) is 8. The van der Waals surface area contributed by atoms with Gasteiger partial charge in [0.05, 0.1) is 18.6 Å². The second-order valence-electron chi connectivity index (χ2n) is 10.4. The predicted molar refractivity (Wildman–Crippen MR) is 160 cm³/mol. The molecule has 0 saturated carbocycles. The van der Waals surface area contributed by atoms with E-state index in [0.29, 0.717) is 19.0 Å². The summed E-state index contributed by atoms with van der Waals surface area (Å²) in [7, 11) is 0. The van der Waals surface area contributed by atoms with E-state index in [4.69, 9.17) is 19.2 Å². The Morgan fingerprint density at radius 3 is 2.33 bits per heavy atom. The molecule has 1 fully saturated rings. The van der Waals surface area contributed by atoms with Crippen molar-refractivity contribution in [2.45, 2.75) is 106 Å². The predicted octanol–water partition coefficient (Wildman–Crippen LogP) is 6.94. The van der Waals surface area contributed by atoms with Crippen molar-refractivity contribution in [1.29, 1.82) is 0 Å². The van der Waals surface area contributed by atoms with Gasteiger partial charge in [0.1, 0.15) is 16.4 Å². The normalized spacial score (nSPS) is 23.6. The first-order chi connectivity index (χ1) is 18.8. The van der Waals surface area contributed by atoms with Gasteiger partial charge in [-0.15, -0.1) is 0 Å². The van der Waals surface area contributed by atoms with Gasteiger partial charge in [-0.2, -0.15) is 0 Å². The van der Waals surface area contributed by atoms with Crippen molar-refractivity contribution in [1.82, 2.24) is 10.6 Å². The summed E-state index contributed by atoms with van der Waals surface area (Å²) in [6, 6.07) is 9.28. The lowest BCUT2D eigenvalue weighted by molar-refractivity contribution is -0.149. The number of guanidine groups is 1. The molecule has 3 rings (SSSR count). The molecule has 0 aromatic heterocycles. The lowest BCUT2D eigenvalue weighted by Crippen LogP contribution is -2.70. The summed E-state index contributed by atoms with van der Waals surface area (Å²) in [6.45, 7) is 4.43. The van der Waals surface area contributed by atoms with Crippen molar-refractivity contribution in [3.05, 3.63) is 35.9 Å². The van der Waals surface area contributed by atoms with Crippen LogP contribution in [0, 0.1) is 5.92 Å². The second kappa shape index (κ2) is 16.0. The summed E-state index contributed by atoms with van der Waals surface area (Å²) in [5.74, 6) is -0.335. The minimum atomic E-state index is -0.990. The van der Waals surface area contributed by atoms with Crippen LogP contribution >= 0.6 is 31.9 Å². The number of amides is 1. The number of carbonyl (C=O) groups excluding carboxylic acids is 2. The van der Waals surface area contributed by atoms with Gasteiger partial charge in [0.15, 0.2) is 5.72 Å². The third-order valence-electron chi connectivity index (χ3n) is 7.38. The first-order valence-electron chi connectivity index (χ1n) is 14.3. The van der Waals surface area contributed by atoms with Crippen LogP contribution in [0.4, 0.5) is 4.79 Å². The maximum atomic E-state index is 12.7. The number of esters is 1. The van der Waals surface area contributed by atoms with Crippen molar-refractivity contribution < 1.29 is 23.8 Å². The highest BCUT2D eigenvalue weighted by atomic mass is 79.9. The SMILES string of the molecule is CCCCCCCCCCC[C@@H]1N=C(NC(=O)OCc2ccccc2)N[C@@]2(OCCC2(Br)Br)[C@@H]1COC(C)=O. The molecule has 10 heteroatoms. The Morgan fingerprint density at radius 2 is 1.72 bits per heavy atom. The van der Waals surface area contributed by atoms with E-state index >= 15 is 0 Å². The third-order valence-corrected chi connectivity index (χ3v) is 9.35. The number of alkyl carbamates (subject to hydrolysis) is 1. The number of carbonyl (C=O) groups is 2. The summed E-state index contributed by atoms with van der Waals surface area (Å²) >= 11 is 7.62. The molecule has 3 atom stereocenters. The van der Waals surface area contributed by atoms with Crippen LogP contribution in [0.15, 0.2) is 35.3 Å². The molecular formula is C29H43Br2N3O5. The maximum Gasteiger partial charge on any atom is 0.414 e. The summed E-state index contributed by atoms with van der Waals surface area (Å²) in [4.78, 5) is 29.3. The van der Waals surface area contributed by atoms with E-state index in [1.54, 1.807) is 0 Å². The zero-order valence-electron chi connectivity index (χ0n) is 23.2. The molecule has 2 N–H and O–H groups in total. The molecule has 2 aliphatic heterocycles. The smallest absolute Gasteiger partial charge is 0.414 e. The van der Waals surface area contributed by atoms with E-state index < -0.39 is 15.1 Å². The zero-order valence-corrected chi connectivity index (χ0v) is 26.4. The molecule has 1 amide bonds. The Morgan fingerprint density at radius 1 is 1.05 bits per heavy atom. The van der Waals surface area contributed by atoms with Crippen molar-refractivity contribution in [2.24, 2.45) is 10.9 Å². The van der Waals surface area contributed by atoms with Crippen LogP contribution in [0.2, 0.25) is 0 Å². The maximum absolute atomic E-state index is 12.7. The Labute approximate surface area is 249 Å². The molecule has 2 aliphatic rings. The lowest BCUT2D eigenvalue weighted by atomic mass is 9.83. The third kappa shape index (κ3) is 9.46. The number of rotatable bonds is 14. The molecule has 8 nitrogen and oxygen atoms in total. The van der Waals surface area contributed by atoms with E-state index in [2.05, 4.69) is 49.4 Å². The highest BCUT2D eigenvalue weighted by Gasteiger charge is 2.62. The van der Waals surface area contributed by atoms with E-state index in [1.165, 1.54) is 51.9 Å². The first kappa shape index (κ1) is 31.9. The molecular weight excluding hydrogens is 630 g/mol. The van der Waals surface area contributed by atoms with Crippen LogP contribution in [0.3, 0.4) is 0 Å². The molecule has 1 aromatic carbocycles. The van der Waals surface area contributed by atoms with E-state index in [1.807, 2.05) is 30.3 Å². The van der Waals surface area contributed by atoms with Crippen LogP contribution in [0.1, 0.15) is 90.0 Å². The van der Waals surface area contributed by atoms with E-state index in [9.17, 15) is 9.59 Å². The Bertz CT molecular complexity index is 946. The lowest BCUT2D eigenvalue weighted by Gasteiger charge is -2.48. The van der Waals surface area contributed by atoms with Crippen LogP contribution in [-0.4, -0.2) is 46.2 Å². The highest BCUT2D eigenvalue weighted by molar-refractivity contribution is 9.25. The fraction of sp³-hybridized carbons (Fsp3) is 0.690. The number of halogens is 2. The van der Waals surface area contributed by atoms with Gasteiger partial charge in [0.2, 0.25) is 5.96 Å². The summed E-state index contributed by atoms with van der Waals surface area (Å²) in [5.41, 5.74) is -0.0951. The van der Waals surface area contributed by atoms with E-state index in [0.717, 1.165) is 24.8 Å². The van der Waals surface area contributed by atoms with E-state index in [-0.39, 0.29) is 31.1 Å². The number of benzene rings is 1. The molecule has 2 heterocycles. The number of hydrogen-bond donors (Lipinski definition) is 2. The number of nitrogens with one attached hydrogen (secondary N) is 2. The number of nitrogens with zero attached hydrogens (tertiary/aromatic N) is 1. The molecule has 1 spiro atoms. The fourth-order valence-corrected chi connectivity index (χ4v) is 6.59. The quantitative estimate of drug-likeness (QED) is 0.126. The second-order valence-corrected chi connectivity index (χ2v) is 14.2. The van der Waals surface area contributed by atoms with Crippen molar-refractivity contribution >= 4 is 49.9 Å². The Kier molecular flexibility index (Phi) is 13.0. The van der Waals surface area contributed by atoms with Gasteiger partial charge < -0.3 is 19.5 Å². The number of alkyl halides is 2. The van der Waals surface area contributed by atoms with Crippen LogP contribution in [0.5, 0.6) is 0 Å². The molecule has 1 aromatic rings. The average molecular weight is 673 g/mol. The average Bonchev–Trinajstić information content (AvgIpc) is 3.19. The number of aliphatic imine (C=N–C) groups is 1. The van der Waals surface area contributed by atoms with Gasteiger partial charge in [0, 0.05) is 13.3 Å². The minimum Gasteiger partial charge on any atom is -0.465 e. The van der Waals surface area contributed by atoms with Crippen LogP contribution in [0.25, 0.3) is 0 Å². The van der Waals surface area contributed by atoms with Crippen molar-refractivity contribution in [3.63, 3.8) is 0 Å². The summed E-state index contributed by atoms with van der Waals surface area (Å²) in [6.07, 6.45) is 11.9. The molecule has 0 radical (unpaired) electrons. The van der Waals surface area contributed by atoms with Gasteiger partial charge in [-0.1, -0.05) is 127 Å². The molecule has 39 heavy (non-hydrogen) atoms. The molecule has 0 bridgehead atoms. The number of hydrogen-bond acceptors (Lipinski definition) is 7. The fourth-order valence-electron chi connectivity index (χ4n) is 5.25. The standard InChI is InChI=1S/C29H43Br2N3O5/c1-3-4-5-6-7-8-9-10-14-17-25-24(21-37-22(2)35)29(28(30,31)18-19-39-29)34-26(32-25)33-27(36)38-20-23-15-12-11-13-16-23/h11-13,15-16,24-25H,3-10,14,17-21H2,1-2H3,(H2,32,33,34,36)/t24-,25+,29-/m1/s1. The van der Waals surface area contributed by atoms with Crippen molar-refractivity contribution in [3.8, 4) is 0 Å². The van der Waals surface area contributed by atoms with Gasteiger partial charge >= 0.3 is 12.1 Å².